The molecule has 0 spiro atoms. The molecule has 0 saturated carbocycles. The van der Waals surface area contributed by atoms with Crippen LogP contribution in [0.5, 0.6) is 5.75 Å². The number of para-hydroxylation sites is 1. The molecule has 5 nitrogen and oxygen atoms in total. The van der Waals surface area contributed by atoms with Gasteiger partial charge in [-0.05, 0) is 35.9 Å². The molecule has 7 heteroatoms. The number of hydrogen-bond donors (Lipinski definition) is 0. The summed E-state index contributed by atoms with van der Waals surface area (Å²) in [7, 11) is 1.63. The summed E-state index contributed by atoms with van der Waals surface area (Å²) in [6.45, 7) is 4.42. The number of thioether (sulfide) groups is 1. The molecule has 0 aliphatic rings. The highest BCUT2D eigenvalue weighted by Gasteiger charge is 2.17. The Morgan fingerprint density at radius 3 is 2.83 bits per heavy atom. The molecule has 0 atom stereocenters. The third kappa shape index (κ3) is 3.73. The van der Waals surface area contributed by atoms with Crippen molar-refractivity contribution in [2.24, 2.45) is 0 Å². The fourth-order valence-electron chi connectivity index (χ4n) is 3.17. The molecule has 29 heavy (non-hydrogen) atoms. The van der Waals surface area contributed by atoms with Crippen molar-refractivity contribution in [2.45, 2.75) is 17.5 Å². The maximum absolute atomic E-state index is 14.1. The minimum atomic E-state index is -0.268. The van der Waals surface area contributed by atoms with Crippen LogP contribution in [-0.2, 0) is 12.3 Å². The first-order valence-electron chi connectivity index (χ1n) is 9.05. The zero-order chi connectivity index (χ0) is 20.2. The first-order valence-corrected chi connectivity index (χ1v) is 10.0. The summed E-state index contributed by atoms with van der Waals surface area (Å²) in [6.07, 6.45) is 3.48. The number of fused-ring (bicyclic) bond motifs is 1. The molecule has 0 radical (unpaired) electrons. The third-order valence-electron chi connectivity index (χ3n) is 4.53. The number of aromatic nitrogens is 4. The zero-order valence-corrected chi connectivity index (χ0v) is 16.7. The van der Waals surface area contributed by atoms with Gasteiger partial charge in [-0.3, -0.25) is 9.55 Å². The van der Waals surface area contributed by atoms with Crippen LogP contribution in [0.2, 0.25) is 0 Å². The molecular weight excluding hydrogens is 387 g/mol. The van der Waals surface area contributed by atoms with Crippen LogP contribution in [0.25, 0.3) is 22.3 Å². The zero-order valence-electron chi connectivity index (χ0n) is 15.9. The van der Waals surface area contributed by atoms with Crippen LogP contribution in [0.3, 0.4) is 0 Å². The van der Waals surface area contributed by atoms with E-state index in [9.17, 15) is 4.39 Å². The van der Waals surface area contributed by atoms with Gasteiger partial charge in [-0.2, -0.15) is 0 Å². The minimum absolute atomic E-state index is 0.268. The van der Waals surface area contributed by atoms with Crippen molar-refractivity contribution >= 4 is 22.7 Å². The number of allylic oxidation sites excluding steroid dienone is 1. The van der Waals surface area contributed by atoms with E-state index in [4.69, 9.17) is 4.74 Å². The molecule has 0 unspecified atom stereocenters. The van der Waals surface area contributed by atoms with Crippen LogP contribution >= 0.6 is 11.8 Å². The molecule has 0 fully saturated rings. The third-order valence-corrected chi connectivity index (χ3v) is 5.55. The quantitative estimate of drug-likeness (QED) is 0.315. The van der Waals surface area contributed by atoms with Gasteiger partial charge in [0.15, 0.2) is 11.0 Å². The lowest BCUT2D eigenvalue weighted by molar-refractivity contribution is 0.416. The summed E-state index contributed by atoms with van der Waals surface area (Å²) in [5.74, 6) is 1.77. The van der Waals surface area contributed by atoms with Crippen LogP contribution in [-0.4, -0.2) is 26.9 Å². The van der Waals surface area contributed by atoms with Crippen molar-refractivity contribution < 1.29 is 9.13 Å². The Morgan fingerprint density at radius 2 is 2.00 bits per heavy atom. The number of methoxy groups -OCH3 is 1. The standard InChI is InChI=1S/C22H19FN4OS/c1-3-13-27-21(17-7-4-5-9-19(17)28-2)25-26-22(27)29-14-15-10-11-18(23)16-8-6-12-24-20(15)16/h3-12H,1,13-14H2,2H3. The Morgan fingerprint density at radius 1 is 1.14 bits per heavy atom. The SMILES string of the molecule is C=CCn1c(SCc2ccc(F)c3cccnc23)nnc1-c1ccccc1OC. The van der Waals surface area contributed by atoms with Crippen molar-refractivity contribution in [1.29, 1.82) is 0 Å². The van der Waals surface area contributed by atoms with Gasteiger partial charge in [0.25, 0.3) is 0 Å². The van der Waals surface area contributed by atoms with E-state index in [0.717, 1.165) is 22.0 Å². The van der Waals surface area contributed by atoms with E-state index in [-0.39, 0.29) is 5.82 Å². The molecule has 2 aromatic heterocycles. The van der Waals surface area contributed by atoms with Crippen LogP contribution in [0.1, 0.15) is 5.56 Å². The summed E-state index contributed by atoms with van der Waals surface area (Å²) in [5, 5.41) is 10.0. The van der Waals surface area contributed by atoms with E-state index in [0.29, 0.717) is 29.0 Å². The fourth-order valence-corrected chi connectivity index (χ4v) is 4.11. The molecule has 2 aromatic carbocycles. The van der Waals surface area contributed by atoms with Crippen molar-refractivity contribution in [3.05, 3.63) is 78.8 Å². The summed E-state index contributed by atoms with van der Waals surface area (Å²) in [6, 6.07) is 14.4. The average Bonchev–Trinajstić information content (AvgIpc) is 3.16. The molecule has 2 heterocycles. The summed E-state index contributed by atoms with van der Waals surface area (Å²) >= 11 is 1.53. The number of nitrogens with zero attached hydrogens (tertiary/aromatic N) is 4. The maximum atomic E-state index is 14.1. The normalized spacial score (nSPS) is 11.0. The highest BCUT2D eigenvalue weighted by molar-refractivity contribution is 7.98. The van der Waals surface area contributed by atoms with Crippen LogP contribution in [0, 0.1) is 5.82 Å². The Kier molecular flexibility index (Phi) is 5.57. The molecule has 0 amide bonds. The molecule has 4 rings (SSSR count). The highest BCUT2D eigenvalue weighted by Crippen LogP contribution is 2.32. The number of hydrogen-bond acceptors (Lipinski definition) is 5. The van der Waals surface area contributed by atoms with Gasteiger partial charge in [0.1, 0.15) is 11.6 Å². The van der Waals surface area contributed by atoms with Gasteiger partial charge in [0, 0.05) is 23.9 Å². The molecule has 0 aliphatic carbocycles. The summed E-state index contributed by atoms with van der Waals surface area (Å²) in [5.41, 5.74) is 2.48. The second-order valence-electron chi connectivity index (χ2n) is 6.30. The lowest BCUT2D eigenvalue weighted by Crippen LogP contribution is -2.02. The van der Waals surface area contributed by atoms with Crippen molar-refractivity contribution in [2.75, 3.05) is 7.11 Å². The monoisotopic (exact) mass is 406 g/mol. The predicted octanol–water partition coefficient (Wildman–Crippen LogP) is 5.12. The molecule has 0 aliphatic heterocycles. The van der Waals surface area contributed by atoms with Gasteiger partial charge in [0.05, 0.1) is 18.2 Å². The van der Waals surface area contributed by atoms with Gasteiger partial charge >= 0.3 is 0 Å². The molecule has 146 valence electrons. The topological polar surface area (TPSA) is 52.8 Å². The minimum Gasteiger partial charge on any atom is -0.496 e. The number of ether oxygens (including phenoxy) is 1. The summed E-state index contributed by atoms with van der Waals surface area (Å²) < 4.78 is 21.5. The lowest BCUT2D eigenvalue weighted by Gasteiger charge is -2.11. The van der Waals surface area contributed by atoms with E-state index in [1.165, 1.54) is 17.8 Å². The predicted molar refractivity (Wildman–Crippen MR) is 113 cm³/mol. The Labute approximate surface area is 172 Å². The van der Waals surface area contributed by atoms with Crippen LogP contribution in [0.4, 0.5) is 4.39 Å². The van der Waals surface area contributed by atoms with Crippen molar-refractivity contribution in [3.63, 3.8) is 0 Å². The van der Waals surface area contributed by atoms with Gasteiger partial charge in [-0.15, -0.1) is 16.8 Å². The maximum Gasteiger partial charge on any atom is 0.192 e. The van der Waals surface area contributed by atoms with E-state index >= 15 is 0 Å². The van der Waals surface area contributed by atoms with Gasteiger partial charge in [-0.1, -0.05) is 36.0 Å². The second kappa shape index (κ2) is 8.45. The Balaban J connectivity index is 1.68. The van der Waals surface area contributed by atoms with Crippen LogP contribution in [0.15, 0.2) is 72.5 Å². The largest absolute Gasteiger partial charge is 0.496 e. The molecule has 0 saturated heterocycles. The highest BCUT2D eigenvalue weighted by atomic mass is 32.2. The Bertz CT molecular complexity index is 1170. The first kappa shape index (κ1) is 19.1. The first-order chi connectivity index (χ1) is 14.2. The van der Waals surface area contributed by atoms with Crippen molar-refractivity contribution in [1.82, 2.24) is 19.7 Å². The fraction of sp³-hybridized carbons (Fsp3) is 0.136. The Hall–Kier alpha value is -3.19. The van der Waals surface area contributed by atoms with E-state index in [1.807, 2.05) is 28.8 Å². The van der Waals surface area contributed by atoms with E-state index < -0.39 is 0 Å². The number of pyridine rings is 1. The lowest BCUT2D eigenvalue weighted by atomic mass is 10.1. The van der Waals surface area contributed by atoms with E-state index in [1.54, 1.807) is 37.6 Å². The second-order valence-corrected chi connectivity index (χ2v) is 7.24. The number of halogens is 1. The van der Waals surface area contributed by atoms with Gasteiger partial charge < -0.3 is 4.74 Å². The smallest absolute Gasteiger partial charge is 0.192 e. The van der Waals surface area contributed by atoms with Crippen LogP contribution < -0.4 is 4.74 Å². The van der Waals surface area contributed by atoms with Gasteiger partial charge in [-0.25, -0.2) is 4.39 Å². The number of benzene rings is 2. The van der Waals surface area contributed by atoms with Crippen molar-refractivity contribution in [3.8, 4) is 17.1 Å². The van der Waals surface area contributed by atoms with Gasteiger partial charge in [0.2, 0.25) is 0 Å². The molecular formula is C22H19FN4OS. The molecule has 4 aromatic rings. The molecule has 0 N–H and O–H groups in total. The van der Waals surface area contributed by atoms with E-state index in [2.05, 4.69) is 21.8 Å². The summed E-state index contributed by atoms with van der Waals surface area (Å²) in [4.78, 5) is 4.36. The number of rotatable bonds is 7. The molecule has 0 bridgehead atoms. The average molecular weight is 406 g/mol.